The molecule has 2 nitrogen and oxygen atoms in total. The smallest absolute Gasteiger partial charge is 0.0198 e. The molecule has 2 atom stereocenters. The highest BCUT2D eigenvalue weighted by Crippen LogP contribution is 2.23. The van der Waals surface area contributed by atoms with E-state index in [4.69, 9.17) is 0 Å². The van der Waals surface area contributed by atoms with Gasteiger partial charge in [0.15, 0.2) is 0 Å². The molecule has 16 heavy (non-hydrogen) atoms. The summed E-state index contributed by atoms with van der Waals surface area (Å²) in [6, 6.07) is 2.19. The van der Waals surface area contributed by atoms with Crippen molar-refractivity contribution in [2.24, 2.45) is 5.92 Å². The van der Waals surface area contributed by atoms with Gasteiger partial charge >= 0.3 is 0 Å². The summed E-state index contributed by atoms with van der Waals surface area (Å²) >= 11 is 0. The second-order valence-corrected chi connectivity index (χ2v) is 5.88. The highest BCUT2D eigenvalue weighted by Gasteiger charge is 2.30. The Balaban J connectivity index is 1.89. The van der Waals surface area contributed by atoms with Crippen LogP contribution in [0.3, 0.4) is 0 Å². The zero-order valence-corrected chi connectivity index (χ0v) is 10.9. The average Bonchev–Trinajstić information content (AvgIpc) is 2.73. The van der Waals surface area contributed by atoms with Crippen LogP contribution in [0.2, 0.25) is 0 Å². The Labute approximate surface area is 100 Å². The van der Waals surface area contributed by atoms with Crippen molar-refractivity contribution in [2.45, 2.75) is 58.2 Å². The van der Waals surface area contributed by atoms with Crippen molar-refractivity contribution in [1.29, 1.82) is 0 Å². The molecule has 2 rings (SSSR count). The average molecular weight is 222 g/mol. The van der Waals surface area contributed by atoms with Gasteiger partial charge in [-0.15, -0.1) is 0 Å². The van der Waals surface area contributed by atoms with Crippen LogP contribution in [0.1, 0.15) is 40.0 Å². The van der Waals surface area contributed by atoms with Gasteiger partial charge in [-0.2, -0.15) is 0 Å². The van der Waals surface area contributed by atoms with Crippen LogP contribution in [-0.4, -0.2) is 36.1 Å². The maximum atomic E-state index is 3.69. The highest BCUT2D eigenvalue weighted by molar-refractivity contribution is 5.01. The molecular formula is C14H26N2. The van der Waals surface area contributed by atoms with Crippen LogP contribution in [0.4, 0.5) is 0 Å². The normalized spacial score (nSPS) is 32.8. The highest BCUT2D eigenvalue weighted by atomic mass is 15.2. The Bertz CT molecular complexity index is 239. The van der Waals surface area contributed by atoms with Crippen LogP contribution in [0.5, 0.6) is 0 Å². The second-order valence-electron chi connectivity index (χ2n) is 5.88. The van der Waals surface area contributed by atoms with E-state index < -0.39 is 0 Å². The Morgan fingerprint density at radius 1 is 1.31 bits per heavy atom. The third kappa shape index (κ3) is 2.86. The minimum absolute atomic E-state index is 0.702. The van der Waals surface area contributed by atoms with Gasteiger partial charge in [-0.05, 0) is 32.1 Å². The lowest BCUT2D eigenvalue weighted by Crippen LogP contribution is -2.58. The lowest BCUT2D eigenvalue weighted by Gasteiger charge is -2.42. The SMILES string of the molecule is CC(C)CC1CN(C2CC=CC2)C(C)CN1. The molecule has 0 aromatic carbocycles. The summed E-state index contributed by atoms with van der Waals surface area (Å²) in [5, 5.41) is 3.69. The molecule has 0 radical (unpaired) electrons. The molecule has 1 N–H and O–H groups in total. The summed E-state index contributed by atoms with van der Waals surface area (Å²) in [6.07, 6.45) is 8.52. The summed E-state index contributed by atoms with van der Waals surface area (Å²) < 4.78 is 0. The third-order valence-electron chi connectivity index (χ3n) is 3.91. The van der Waals surface area contributed by atoms with Crippen LogP contribution in [0, 0.1) is 5.92 Å². The summed E-state index contributed by atoms with van der Waals surface area (Å²) in [5.41, 5.74) is 0. The fourth-order valence-electron chi connectivity index (χ4n) is 3.06. The van der Waals surface area contributed by atoms with E-state index >= 15 is 0 Å². The van der Waals surface area contributed by atoms with Crippen molar-refractivity contribution in [3.8, 4) is 0 Å². The van der Waals surface area contributed by atoms with E-state index in [9.17, 15) is 0 Å². The maximum absolute atomic E-state index is 3.69. The van der Waals surface area contributed by atoms with Gasteiger partial charge in [-0.1, -0.05) is 26.0 Å². The molecule has 2 heteroatoms. The minimum Gasteiger partial charge on any atom is -0.311 e. The number of nitrogens with one attached hydrogen (secondary N) is 1. The molecule has 1 aliphatic heterocycles. The van der Waals surface area contributed by atoms with E-state index in [1.54, 1.807) is 0 Å². The summed E-state index contributed by atoms with van der Waals surface area (Å²) in [7, 11) is 0. The van der Waals surface area contributed by atoms with E-state index in [0.717, 1.165) is 18.5 Å². The molecule has 0 bridgehead atoms. The molecule has 0 spiro atoms. The van der Waals surface area contributed by atoms with Crippen molar-refractivity contribution >= 4 is 0 Å². The van der Waals surface area contributed by atoms with Crippen LogP contribution in [-0.2, 0) is 0 Å². The van der Waals surface area contributed by atoms with Crippen molar-refractivity contribution in [3.63, 3.8) is 0 Å². The van der Waals surface area contributed by atoms with Gasteiger partial charge in [-0.3, -0.25) is 4.90 Å². The summed E-state index contributed by atoms with van der Waals surface area (Å²) in [4.78, 5) is 2.73. The Morgan fingerprint density at radius 3 is 2.62 bits per heavy atom. The monoisotopic (exact) mass is 222 g/mol. The topological polar surface area (TPSA) is 15.3 Å². The molecule has 1 aliphatic carbocycles. The molecule has 0 aromatic rings. The lowest BCUT2D eigenvalue weighted by atomic mass is 9.98. The summed E-state index contributed by atoms with van der Waals surface area (Å²) in [5.74, 6) is 0.800. The Hall–Kier alpha value is -0.340. The molecule has 0 amide bonds. The predicted molar refractivity (Wildman–Crippen MR) is 69.6 cm³/mol. The molecule has 1 heterocycles. The number of hydrogen-bond donors (Lipinski definition) is 1. The van der Waals surface area contributed by atoms with Gasteiger partial charge < -0.3 is 5.32 Å². The van der Waals surface area contributed by atoms with Crippen molar-refractivity contribution in [2.75, 3.05) is 13.1 Å². The largest absolute Gasteiger partial charge is 0.311 e. The van der Waals surface area contributed by atoms with Gasteiger partial charge in [0, 0.05) is 31.2 Å². The van der Waals surface area contributed by atoms with Crippen molar-refractivity contribution < 1.29 is 0 Å². The second kappa shape index (κ2) is 5.33. The van der Waals surface area contributed by atoms with Crippen LogP contribution >= 0.6 is 0 Å². The zero-order chi connectivity index (χ0) is 11.5. The van der Waals surface area contributed by atoms with E-state index in [1.165, 1.54) is 25.8 Å². The van der Waals surface area contributed by atoms with Gasteiger partial charge in [0.25, 0.3) is 0 Å². The maximum Gasteiger partial charge on any atom is 0.0198 e. The first-order chi connectivity index (χ1) is 7.66. The van der Waals surface area contributed by atoms with E-state index in [0.29, 0.717) is 12.1 Å². The molecule has 0 aromatic heterocycles. The van der Waals surface area contributed by atoms with Gasteiger partial charge in [-0.25, -0.2) is 0 Å². The van der Waals surface area contributed by atoms with Crippen LogP contribution < -0.4 is 5.32 Å². The molecule has 1 saturated heterocycles. The molecule has 1 fully saturated rings. The van der Waals surface area contributed by atoms with Crippen molar-refractivity contribution in [3.05, 3.63) is 12.2 Å². The summed E-state index contributed by atoms with van der Waals surface area (Å²) in [6.45, 7) is 9.40. The number of rotatable bonds is 3. The quantitative estimate of drug-likeness (QED) is 0.738. The van der Waals surface area contributed by atoms with Crippen LogP contribution in [0.25, 0.3) is 0 Å². The van der Waals surface area contributed by atoms with Gasteiger partial charge in [0.2, 0.25) is 0 Å². The van der Waals surface area contributed by atoms with E-state index in [-0.39, 0.29) is 0 Å². The number of nitrogens with zero attached hydrogens (tertiary/aromatic N) is 1. The first kappa shape index (κ1) is 12.1. The molecule has 2 unspecified atom stereocenters. The van der Waals surface area contributed by atoms with Gasteiger partial charge in [0.1, 0.15) is 0 Å². The fraction of sp³-hybridized carbons (Fsp3) is 0.857. The van der Waals surface area contributed by atoms with E-state index in [2.05, 4.69) is 43.1 Å². The first-order valence-electron chi connectivity index (χ1n) is 6.81. The fourth-order valence-corrected chi connectivity index (χ4v) is 3.06. The van der Waals surface area contributed by atoms with E-state index in [1.807, 2.05) is 0 Å². The van der Waals surface area contributed by atoms with Gasteiger partial charge in [0.05, 0.1) is 0 Å². The Kier molecular flexibility index (Phi) is 4.04. The lowest BCUT2D eigenvalue weighted by molar-refractivity contribution is 0.0897. The molecule has 2 aliphatic rings. The number of hydrogen-bond acceptors (Lipinski definition) is 2. The molecule has 92 valence electrons. The standard InChI is InChI=1S/C14H26N2/c1-11(2)8-13-10-16(12(3)9-15-13)14-6-4-5-7-14/h4-5,11-15H,6-10H2,1-3H3. The molecular weight excluding hydrogens is 196 g/mol. The zero-order valence-electron chi connectivity index (χ0n) is 10.9. The predicted octanol–water partition coefficient (Wildman–Crippen LogP) is 2.41. The van der Waals surface area contributed by atoms with Crippen molar-refractivity contribution in [1.82, 2.24) is 10.2 Å². The third-order valence-corrected chi connectivity index (χ3v) is 3.91. The molecule has 0 saturated carbocycles. The van der Waals surface area contributed by atoms with Crippen LogP contribution in [0.15, 0.2) is 12.2 Å². The number of piperazine rings is 1. The Morgan fingerprint density at radius 2 is 2.00 bits per heavy atom. The first-order valence-corrected chi connectivity index (χ1v) is 6.81. The minimum atomic E-state index is 0.702.